The molecule has 0 spiro atoms. The Bertz CT molecular complexity index is 673. The monoisotopic (exact) mass is 410 g/mol. The number of nitrogens with one attached hydrogen (secondary N) is 2. The first-order valence-corrected chi connectivity index (χ1v) is 12.0. The van der Waals surface area contributed by atoms with Crippen LogP contribution in [0.2, 0.25) is 0 Å². The predicted molar refractivity (Wildman–Crippen MR) is 119 cm³/mol. The van der Waals surface area contributed by atoms with Gasteiger partial charge >= 0.3 is 0 Å². The van der Waals surface area contributed by atoms with Crippen molar-refractivity contribution in [3.63, 3.8) is 0 Å². The lowest BCUT2D eigenvalue weighted by Crippen LogP contribution is -2.48. The molecule has 1 aromatic rings. The summed E-state index contributed by atoms with van der Waals surface area (Å²) in [4.78, 5) is 7.07. The van der Waals surface area contributed by atoms with E-state index in [1.807, 2.05) is 13.0 Å². The molecule has 0 bridgehead atoms. The molecular weight excluding hydrogens is 372 g/mol. The second-order valence-corrected chi connectivity index (χ2v) is 9.16. The van der Waals surface area contributed by atoms with Gasteiger partial charge in [-0.3, -0.25) is 4.99 Å². The molecule has 2 atom stereocenters. The van der Waals surface area contributed by atoms with Gasteiger partial charge < -0.3 is 15.5 Å². The molecule has 1 aromatic carbocycles. The quantitative estimate of drug-likeness (QED) is 0.409. The van der Waals surface area contributed by atoms with Gasteiger partial charge in [-0.15, -0.1) is 0 Å². The average molecular weight is 411 g/mol. The largest absolute Gasteiger partial charge is 0.354 e. The lowest BCUT2D eigenvalue weighted by atomic mass is 10.2. The van der Waals surface area contributed by atoms with Crippen LogP contribution in [0.1, 0.15) is 47.0 Å². The van der Waals surface area contributed by atoms with Crippen LogP contribution < -0.4 is 10.6 Å². The van der Waals surface area contributed by atoms with Gasteiger partial charge in [-0.05, 0) is 58.0 Å². The zero-order valence-electron chi connectivity index (χ0n) is 18.1. The average Bonchev–Trinajstić information content (AvgIpc) is 2.70. The van der Waals surface area contributed by atoms with Gasteiger partial charge in [-0.25, -0.2) is 8.42 Å². The Balaban J connectivity index is 2.57. The maximum absolute atomic E-state index is 12.7. The maximum atomic E-state index is 12.7. The zero-order valence-corrected chi connectivity index (χ0v) is 18.9. The van der Waals surface area contributed by atoms with E-state index in [9.17, 15) is 8.42 Å². The highest BCUT2D eigenvalue weighted by molar-refractivity contribution is 7.91. The first-order valence-electron chi connectivity index (χ1n) is 10.4. The smallest absolute Gasteiger partial charge is 0.191 e. The van der Waals surface area contributed by atoms with E-state index in [0.717, 1.165) is 32.5 Å². The summed E-state index contributed by atoms with van der Waals surface area (Å²) in [5, 5.41) is 6.67. The third kappa shape index (κ3) is 8.61. The van der Waals surface area contributed by atoms with E-state index < -0.39 is 9.84 Å². The standard InChI is InChI=1S/C21H38N4O2S/c1-6-19(17-28(26,27)20-14-10-9-11-15-20)24-21(22-5)23-18(4)13-12-16-25(7-2)8-3/h9-11,14-15,18-19H,6-8,12-13,16-17H2,1-5H3,(H2,22,23,24). The molecule has 6 nitrogen and oxygen atoms in total. The summed E-state index contributed by atoms with van der Waals surface area (Å²) in [5.74, 6) is 0.704. The van der Waals surface area contributed by atoms with Gasteiger partial charge in [0.2, 0.25) is 0 Å². The maximum Gasteiger partial charge on any atom is 0.191 e. The number of sulfone groups is 1. The SMILES string of the molecule is CCC(CS(=O)(=O)c1ccccc1)NC(=NC)NC(C)CCCN(CC)CC. The minimum atomic E-state index is -3.33. The van der Waals surface area contributed by atoms with Gasteiger partial charge in [-0.2, -0.15) is 0 Å². The van der Waals surface area contributed by atoms with Crippen LogP contribution in [0, 0.1) is 0 Å². The van der Waals surface area contributed by atoms with E-state index in [0.29, 0.717) is 17.3 Å². The first kappa shape index (κ1) is 24.4. The molecule has 0 saturated carbocycles. The van der Waals surface area contributed by atoms with Crippen molar-refractivity contribution in [2.24, 2.45) is 4.99 Å². The van der Waals surface area contributed by atoms with Crippen molar-refractivity contribution in [3.05, 3.63) is 30.3 Å². The summed E-state index contributed by atoms with van der Waals surface area (Å²) in [6.45, 7) is 11.7. The third-order valence-electron chi connectivity index (χ3n) is 4.97. The van der Waals surface area contributed by atoms with Gasteiger partial charge in [0.15, 0.2) is 15.8 Å². The lowest BCUT2D eigenvalue weighted by Gasteiger charge is -2.24. The summed E-state index contributed by atoms with van der Waals surface area (Å²) in [7, 11) is -1.62. The van der Waals surface area contributed by atoms with E-state index in [1.165, 1.54) is 0 Å². The molecular formula is C21H38N4O2S. The van der Waals surface area contributed by atoms with Crippen LogP contribution >= 0.6 is 0 Å². The number of hydrogen-bond acceptors (Lipinski definition) is 4. The Morgan fingerprint density at radius 1 is 1.11 bits per heavy atom. The molecule has 2 N–H and O–H groups in total. The van der Waals surface area contributed by atoms with Crippen LogP contribution in [0.4, 0.5) is 0 Å². The topological polar surface area (TPSA) is 73.8 Å². The summed E-state index contributed by atoms with van der Waals surface area (Å²) < 4.78 is 25.3. The number of aliphatic imine (C=N–C) groups is 1. The van der Waals surface area contributed by atoms with Crippen molar-refractivity contribution in [3.8, 4) is 0 Å². The molecule has 28 heavy (non-hydrogen) atoms. The molecule has 0 aliphatic carbocycles. The second kappa shape index (κ2) is 12.8. The van der Waals surface area contributed by atoms with Crippen molar-refractivity contribution in [1.29, 1.82) is 0 Å². The van der Waals surface area contributed by atoms with Crippen LogP contribution in [-0.2, 0) is 9.84 Å². The second-order valence-electron chi connectivity index (χ2n) is 7.13. The predicted octanol–water partition coefficient (Wildman–Crippen LogP) is 2.91. The number of benzene rings is 1. The van der Waals surface area contributed by atoms with Crippen molar-refractivity contribution in [1.82, 2.24) is 15.5 Å². The molecule has 0 aliphatic heterocycles. The molecule has 0 aromatic heterocycles. The van der Waals surface area contributed by atoms with E-state index in [4.69, 9.17) is 0 Å². The van der Waals surface area contributed by atoms with Crippen molar-refractivity contribution >= 4 is 15.8 Å². The summed E-state index contributed by atoms with van der Waals surface area (Å²) in [5.41, 5.74) is 0. The van der Waals surface area contributed by atoms with E-state index in [2.05, 4.69) is 41.3 Å². The van der Waals surface area contributed by atoms with E-state index >= 15 is 0 Å². The molecule has 2 unspecified atom stereocenters. The number of nitrogens with zero attached hydrogens (tertiary/aromatic N) is 2. The van der Waals surface area contributed by atoms with Crippen LogP contribution in [0.25, 0.3) is 0 Å². The molecule has 160 valence electrons. The fourth-order valence-electron chi connectivity index (χ4n) is 3.08. The number of guanidine groups is 1. The fraction of sp³-hybridized carbons (Fsp3) is 0.667. The van der Waals surface area contributed by atoms with Crippen molar-refractivity contribution in [2.75, 3.05) is 32.4 Å². The highest BCUT2D eigenvalue weighted by atomic mass is 32.2. The van der Waals surface area contributed by atoms with Crippen LogP contribution in [0.5, 0.6) is 0 Å². The number of rotatable bonds is 12. The summed E-state index contributed by atoms with van der Waals surface area (Å²) in [6.07, 6.45) is 2.85. The molecule has 0 heterocycles. The third-order valence-corrected chi connectivity index (χ3v) is 6.80. The minimum absolute atomic E-state index is 0.0462. The first-order chi connectivity index (χ1) is 13.4. The van der Waals surface area contributed by atoms with Gasteiger partial charge in [0.25, 0.3) is 0 Å². The van der Waals surface area contributed by atoms with Gasteiger partial charge in [0.05, 0.1) is 10.6 Å². The summed E-state index contributed by atoms with van der Waals surface area (Å²) >= 11 is 0. The Morgan fingerprint density at radius 3 is 2.29 bits per heavy atom. The van der Waals surface area contributed by atoms with Crippen molar-refractivity contribution < 1.29 is 8.42 Å². The molecule has 1 rings (SSSR count). The van der Waals surface area contributed by atoms with Gasteiger partial charge in [-0.1, -0.05) is 39.0 Å². The fourth-order valence-corrected chi connectivity index (χ4v) is 4.69. The molecule has 0 amide bonds. The van der Waals surface area contributed by atoms with Gasteiger partial charge in [0.1, 0.15) is 0 Å². The highest BCUT2D eigenvalue weighted by Gasteiger charge is 2.21. The minimum Gasteiger partial charge on any atom is -0.354 e. The van der Waals surface area contributed by atoms with Crippen LogP contribution in [-0.4, -0.2) is 63.8 Å². The molecule has 0 fully saturated rings. The van der Waals surface area contributed by atoms with Crippen molar-refractivity contribution in [2.45, 2.75) is 63.9 Å². The highest BCUT2D eigenvalue weighted by Crippen LogP contribution is 2.12. The van der Waals surface area contributed by atoms with E-state index in [1.54, 1.807) is 31.3 Å². The van der Waals surface area contributed by atoms with Crippen LogP contribution in [0.3, 0.4) is 0 Å². The number of hydrogen-bond donors (Lipinski definition) is 2. The molecule has 0 aliphatic rings. The van der Waals surface area contributed by atoms with E-state index in [-0.39, 0.29) is 17.8 Å². The zero-order chi connectivity index (χ0) is 21.0. The van der Waals surface area contributed by atoms with Crippen LogP contribution in [0.15, 0.2) is 40.2 Å². The Labute approximate surface area is 171 Å². The Morgan fingerprint density at radius 2 is 1.75 bits per heavy atom. The summed E-state index contributed by atoms with van der Waals surface area (Å²) in [6, 6.07) is 8.69. The molecule has 0 radical (unpaired) electrons. The Hall–Kier alpha value is -1.60. The normalized spacial score (nSPS) is 14.7. The molecule has 0 saturated heterocycles. The van der Waals surface area contributed by atoms with Gasteiger partial charge in [0, 0.05) is 19.1 Å². The Kier molecular flexibility index (Phi) is 11.2. The molecule has 7 heteroatoms. The lowest BCUT2D eigenvalue weighted by molar-refractivity contribution is 0.292.